The van der Waals surface area contributed by atoms with Crippen molar-refractivity contribution in [3.05, 3.63) is 47.9 Å². The number of carbonyl (C=O) groups is 1. The monoisotopic (exact) mass is 452 g/mol. The Kier molecular flexibility index (Phi) is 7.29. The summed E-state index contributed by atoms with van der Waals surface area (Å²) in [6.45, 7) is 9.24. The summed E-state index contributed by atoms with van der Waals surface area (Å²) in [5.41, 5.74) is 0.998. The molecule has 0 fully saturated rings. The summed E-state index contributed by atoms with van der Waals surface area (Å²) >= 11 is 0. The number of nitrogens with one attached hydrogen (secondary N) is 2. The lowest BCUT2D eigenvalue weighted by atomic mass is 10.0. The van der Waals surface area contributed by atoms with E-state index in [1.807, 2.05) is 26.1 Å². The minimum absolute atomic E-state index is 0.0512. The highest BCUT2D eigenvalue weighted by Crippen LogP contribution is 2.24. The van der Waals surface area contributed by atoms with Crippen molar-refractivity contribution in [3.63, 3.8) is 0 Å². The Morgan fingerprint density at radius 1 is 1.30 bits per heavy atom. The zero-order chi connectivity index (χ0) is 24.2. The number of pyridine rings is 2. The molecule has 33 heavy (non-hydrogen) atoms. The third-order valence-corrected chi connectivity index (χ3v) is 5.19. The zero-order valence-corrected chi connectivity index (χ0v) is 19.5. The van der Waals surface area contributed by atoms with Gasteiger partial charge in [0.1, 0.15) is 23.7 Å². The van der Waals surface area contributed by atoms with E-state index in [1.165, 1.54) is 12.4 Å². The van der Waals surface area contributed by atoms with Crippen LogP contribution in [0.4, 0.5) is 10.1 Å². The molecule has 0 aliphatic carbocycles. The number of ether oxygens (including phenoxy) is 1. The number of amides is 1. The first-order chi connectivity index (χ1) is 15.7. The van der Waals surface area contributed by atoms with Crippen molar-refractivity contribution in [1.82, 2.24) is 19.9 Å². The first-order valence-electron chi connectivity index (χ1n) is 10.9. The van der Waals surface area contributed by atoms with Crippen LogP contribution in [0.25, 0.3) is 16.9 Å². The molecular formula is C24H29FN6O2. The summed E-state index contributed by atoms with van der Waals surface area (Å²) in [7, 11) is 0. The number of nitriles is 1. The quantitative estimate of drug-likeness (QED) is 0.509. The number of hydrogen-bond donors (Lipinski definition) is 2. The highest BCUT2D eigenvalue weighted by Gasteiger charge is 2.30. The van der Waals surface area contributed by atoms with Crippen LogP contribution in [0.2, 0.25) is 0 Å². The first-order valence-corrected chi connectivity index (χ1v) is 10.9. The summed E-state index contributed by atoms with van der Waals surface area (Å²) in [6.07, 6.45) is 3.41. The van der Waals surface area contributed by atoms with Gasteiger partial charge in [-0.25, -0.2) is 14.4 Å². The van der Waals surface area contributed by atoms with Crippen molar-refractivity contribution in [2.24, 2.45) is 0 Å². The molecule has 0 saturated carbocycles. The van der Waals surface area contributed by atoms with E-state index >= 15 is 0 Å². The number of rotatable bonds is 9. The summed E-state index contributed by atoms with van der Waals surface area (Å²) in [5, 5.41) is 15.8. The molecular weight excluding hydrogens is 423 g/mol. The van der Waals surface area contributed by atoms with Crippen LogP contribution in [-0.2, 0) is 4.74 Å². The highest BCUT2D eigenvalue weighted by atomic mass is 19.1. The molecule has 0 bridgehead atoms. The van der Waals surface area contributed by atoms with Crippen LogP contribution in [-0.4, -0.2) is 51.4 Å². The van der Waals surface area contributed by atoms with E-state index in [9.17, 15) is 9.18 Å². The molecule has 1 atom stereocenters. The Morgan fingerprint density at radius 3 is 2.73 bits per heavy atom. The topological polar surface area (TPSA) is 105 Å². The predicted molar refractivity (Wildman–Crippen MR) is 125 cm³/mol. The van der Waals surface area contributed by atoms with Gasteiger partial charge in [0.05, 0.1) is 29.0 Å². The average molecular weight is 453 g/mol. The Bertz CT molecular complexity index is 1180. The van der Waals surface area contributed by atoms with E-state index in [0.717, 1.165) is 5.39 Å². The second kappa shape index (κ2) is 9.96. The summed E-state index contributed by atoms with van der Waals surface area (Å²) in [6, 6.07) is 7.49. The smallest absolute Gasteiger partial charge is 0.255 e. The van der Waals surface area contributed by atoms with E-state index in [4.69, 9.17) is 10.00 Å². The number of fused-ring (bicyclic) bond motifs is 1. The molecule has 0 spiro atoms. The molecule has 3 rings (SSSR count). The first kappa shape index (κ1) is 24.1. The molecule has 3 aromatic rings. The van der Waals surface area contributed by atoms with Gasteiger partial charge in [0.25, 0.3) is 5.91 Å². The number of halogens is 1. The molecule has 8 nitrogen and oxygen atoms in total. The molecule has 1 unspecified atom stereocenters. The Morgan fingerprint density at radius 2 is 2.06 bits per heavy atom. The maximum absolute atomic E-state index is 14.6. The van der Waals surface area contributed by atoms with E-state index in [-0.39, 0.29) is 12.6 Å². The third-order valence-electron chi connectivity index (χ3n) is 5.19. The molecule has 0 radical (unpaired) electrons. The molecule has 1 amide bonds. The molecule has 0 aromatic carbocycles. The van der Waals surface area contributed by atoms with E-state index in [1.54, 1.807) is 37.5 Å². The van der Waals surface area contributed by atoms with Crippen molar-refractivity contribution in [2.75, 3.05) is 18.5 Å². The maximum Gasteiger partial charge on any atom is 0.255 e. The van der Waals surface area contributed by atoms with Gasteiger partial charge in [-0.05, 0) is 46.8 Å². The van der Waals surface area contributed by atoms with Crippen LogP contribution in [0.1, 0.15) is 50.5 Å². The van der Waals surface area contributed by atoms with Gasteiger partial charge in [-0.3, -0.25) is 9.36 Å². The van der Waals surface area contributed by atoms with Crippen molar-refractivity contribution in [2.45, 2.75) is 52.4 Å². The second-order valence-electron chi connectivity index (χ2n) is 8.54. The van der Waals surface area contributed by atoms with Gasteiger partial charge in [-0.15, -0.1) is 0 Å². The number of carbonyl (C=O) groups excluding carboxylic acids is 1. The Balaban J connectivity index is 1.88. The van der Waals surface area contributed by atoms with Gasteiger partial charge in [0.15, 0.2) is 0 Å². The van der Waals surface area contributed by atoms with E-state index < -0.39 is 17.7 Å². The highest BCUT2D eigenvalue weighted by molar-refractivity contribution is 5.99. The number of hydrogen-bond acceptors (Lipinski definition) is 6. The van der Waals surface area contributed by atoms with Gasteiger partial charge in [-0.1, -0.05) is 0 Å². The molecule has 0 aliphatic heterocycles. The number of anilines is 1. The minimum Gasteiger partial charge on any atom is -0.382 e. The van der Waals surface area contributed by atoms with Crippen molar-refractivity contribution in [3.8, 4) is 11.9 Å². The Hall–Kier alpha value is -3.51. The fourth-order valence-corrected chi connectivity index (χ4v) is 3.44. The second-order valence-corrected chi connectivity index (χ2v) is 8.54. The Labute approximate surface area is 192 Å². The van der Waals surface area contributed by atoms with Crippen LogP contribution >= 0.6 is 0 Å². The molecule has 3 heterocycles. The van der Waals surface area contributed by atoms with Gasteiger partial charge in [0, 0.05) is 42.7 Å². The van der Waals surface area contributed by atoms with Crippen LogP contribution in [0.5, 0.6) is 0 Å². The van der Waals surface area contributed by atoms with E-state index in [0.29, 0.717) is 34.9 Å². The van der Waals surface area contributed by atoms with Crippen LogP contribution in [0, 0.1) is 11.3 Å². The molecule has 3 aromatic heterocycles. The minimum atomic E-state index is -1.37. The zero-order valence-electron chi connectivity index (χ0n) is 19.5. The predicted octanol–water partition coefficient (Wildman–Crippen LogP) is 4.00. The SMILES string of the molecule is CCOC(C)(C)C(F)CNC(=O)c1cnc(-n2ccc3cc(C#N)cnc32)cc1NC(C)C. The molecule has 9 heteroatoms. The van der Waals surface area contributed by atoms with Crippen LogP contribution < -0.4 is 10.6 Å². The van der Waals surface area contributed by atoms with Gasteiger partial charge in [-0.2, -0.15) is 5.26 Å². The van der Waals surface area contributed by atoms with Crippen molar-refractivity contribution >= 4 is 22.6 Å². The molecule has 2 N–H and O–H groups in total. The summed E-state index contributed by atoms with van der Waals surface area (Å²) in [4.78, 5) is 21.7. The lowest BCUT2D eigenvalue weighted by molar-refractivity contribution is -0.0641. The largest absolute Gasteiger partial charge is 0.382 e. The molecule has 0 aliphatic rings. The third kappa shape index (κ3) is 5.46. The van der Waals surface area contributed by atoms with Crippen molar-refractivity contribution in [1.29, 1.82) is 5.26 Å². The van der Waals surface area contributed by atoms with Gasteiger partial charge < -0.3 is 15.4 Å². The summed E-state index contributed by atoms with van der Waals surface area (Å²) in [5.74, 6) is 0.129. The standard InChI is InChI=1S/C24H29FN6O2/c1-6-33-24(4,5)20(25)14-29-23(32)18-13-27-21(10-19(18)30-15(2)3)31-8-7-17-9-16(11-26)12-28-22(17)31/h7-10,12-13,15,20H,6,14H2,1-5H3,(H,27,30)(H,29,32). The fraction of sp³-hybridized carbons (Fsp3) is 0.417. The fourth-order valence-electron chi connectivity index (χ4n) is 3.44. The molecule has 174 valence electrons. The molecule has 0 saturated heterocycles. The average Bonchev–Trinajstić information content (AvgIpc) is 3.19. The number of alkyl halides is 1. The van der Waals surface area contributed by atoms with Gasteiger partial charge in [0.2, 0.25) is 0 Å². The van der Waals surface area contributed by atoms with Crippen LogP contribution in [0.3, 0.4) is 0 Å². The normalized spacial score (nSPS) is 12.5. The number of aromatic nitrogens is 3. The lowest BCUT2D eigenvalue weighted by Crippen LogP contribution is -2.44. The number of nitrogens with zero attached hydrogens (tertiary/aromatic N) is 4. The lowest BCUT2D eigenvalue weighted by Gasteiger charge is -2.28. The summed E-state index contributed by atoms with van der Waals surface area (Å²) < 4.78 is 21.8. The van der Waals surface area contributed by atoms with Crippen LogP contribution in [0.15, 0.2) is 36.8 Å². The maximum atomic E-state index is 14.6. The van der Waals surface area contributed by atoms with E-state index in [2.05, 4.69) is 26.7 Å². The van der Waals surface area contributed by atoms with Crippen molar-refractivity contribution < 1.29 is 13.9 Å². The van der Waals surface area contributed by atoms with Gasteiger partial charge >= 0.3 is 0 Å².